The van der Waals surface area contributed by atoms with Crippen molar-refractivity contribution in [3.05, 3.63) is 28.2 Å². The Labute approximate surface area is 106 Å². The van der Waals surface area contributed by atoms with Crippen molar-refractivity contribution in [2.75, 3.05) is 19.8 Å². The van der Waals surface area contributed by atoms with E-state index in [1.807, 2.05) is 13.0 Å². The molecule has 1 aromatic rings. The van der Waals surface area contributed by atoms with Gasteiger partial charge < -0.3 is 9.47 Å². The Morgan fingerprint density at radius 1 is 1.24 bits per heavy atom. The van der Waals surface area contributed by atoms with Gasteiger partial charge in [0, 0.05) is 4.47 Å². The first-order valence-corrected chi connectivity index (χ1v) is 5.71. The van der Waals surface area contributed by atoms with Crippen LogP contribution in [0.15, 0.2) is 22.7 Å². The van der Waals surface area contributed by atoms with Crippen LogP contribution in [0.5, 0.6) is 5.75 Å². The zero-order valence-electron chi connectivity index (χ0n) is 9.18. The highest BCUT2D eigenvalue weighted by Gasteiger charge is 2.27. The van der Waals surface area contributed by atoms with E-state index in [1.165, 1.54) is 0 Å². The first kappa shape index (κ1) is 14.3. The van der Waals surface area contributed by atoms with Gasteiger partial charge >= 0.3 is 6.18 Å². The quantitative estimate of drug-likeness (QED) is 0.772. The summed E-state index contributed by atoms with van der Waals surface area (Å²) in [4.78, 5) is 0. The van der Waals surface area contributed by atoms with E-state index in [4.69, 9.17) is 4.74 Å². The SMILES string of the molecule is Cc1cc(OCCOCC(F)(F)F)ccc1Br. The predicted octanol–water partition coefficient (Wildman–Crippen LogP) is 3.72. The van der Waals surface area contributed by atoms with Crippen molar-refractivity contribution >= 4 is 15.9 Å². The van der Waals surface area contributed by atoms with E-state index in [2.05, 4.69) is 20.7 Å². The summed E-state index contributed by atoms with van der Waals surface area (Å²) in [5.41, 5.74) is 0.999. The monoisotopic (exact) mass is 312 g/mol. The van der Waals surface area contributed by atoms with Crippen molar-refractivity contribution in [1.82, 2.24) is 0 Å². The highest BCUT2D eigenvalue weighted by atomic mass is 79.9. The van der Waals surface area contributed by atoms with E-state index in [9.17, 15) is 13.2 Å². The second kappa shape index (κ2) is 6.26. The summed E-state index contributed by atoms with van der Waals surface area (Å²) in [7, 11) is 0. The summed E-state index contributed by atoms with van der Waals surface area (Å²) in [5.74, 6) is 0.612. The topological polar surface area (TPSA) is 18.5 Å². The summed E-state index contributed by atoms with van der Waals surface area (Å²) < 4.78 is 45.8. The van der Waals surface area contributed by atoms with Gasteiger partial charge in [-0.25, -0.2) is 0 Å². The van der Waals surface area contributed by atoms with Crippen LogP contribution < -0.4 is 4.74 Å². The smallest absolute Gasteiger partial charge is 0.411 e. The zero-order valence-corrected chi connectivity index (χ0v) is 10.8. The van der Waals surface area contributed by atoms with E-state index in [-0.39, 0.29) is 13.2 Å². The van der Waals surface area contributed by atoms with Crippen LogP contribution >= 0.6 is 15.9 Å². The fourth-order valence-corrected chi connectivity index (χ4v) is 1.36. The third-order valence-electron chi connectivity index (χ3n) is 1.89. The molecule has 0 radical (unpaired) electrons. The molecule has 1 rings (SSSR count). The number of aryl methyl sites for hydroxylation is 1. The second-order valence-corrected chi connectivity index (χ2v) is 4.28. The van der Waals surface area contributed by atoms with Gasteiger partial charge in [0.2, 0.25) is 0 Å². The van der Waals surface area contributed by atoms with Gasteiger partial charge in [0.05, 0.1) is 6.61 Å². The molecule has 0 heterocycles. The Bertz CT molecular complexity index is 366. The van der Waals surface area contributed by atoms with E-state index in [1.54, 1.807) is 12.1 Å². The zero-order chi connectivity index (χ0) is 12.9. The lowest BCUT2D eigenvalue weighted by Crippen LogP contribution is -2.19. The standard InChI is InChI=1S/C11H12BrF3O2/c1-8-6-9(2-3-10(8)12)17-5-4-16-7-11(13,14)15/h2-3,6H,4-5,7H2,1H3. The Morgan fingerprint density at radius 2 is 1.94 bits per heavy atom. The Balaban J connectivity index is 2.25. The Morgan fingerprint density at radius 3 is 2.53 bits per heavy atom. The van der Waals surface area contributed by atoms with Crippen molar-refractivity contribution in [3.63, 3.8) is 0 Å². The van der Waals surface area contributed by atoms with Crippen molar-refractivity contribution in [2.45, 2.75) is 13.1 Å². The first-order valence-electron chi connectivity index (χ1n) is 4.92. The van der Waals surface area contributed by atoms with Crippen LogP contribution in [0.4, 0.5) is 13.2 Å². The van der Waals surface area contributed by atoms with Crippen LogP contribution in [-0.2, 0) is 4.74 Å². The number of alkyl halides is 3. The molecule has 0 amide bonds. The average molecular weight is 313 g/mol. The molecule has 0 spiro atoms. The maximum atomic E-state index is 11.7. The molecule has 0 bridgehead atoms. The number of rotatable bonds is 5. The molecular weight excluding hydrogens is 301 g/mol. The highest BCUT2D eigenvalue weighted by molar-refractivity contribution is 9.10. The first-order chi connectivity index (χ1) is 7.88. The lowest BCUT2D eigenvalue weighted by atomic mass is 10.2. The number of hydrogen-bond acceptors (Lipinski definition) is 2. The van der Waals surface area contributed by atoms with Gasteiger partial charge in [-0.05, 0) is 30.7 Å². The van der Waals surface area contributed by atoms with Crippen LogP contribution in [0.2, 0.25) is 0 Å². The minimum absolute atomic E-state index is 0.0887. The normalized spacial score (nSPS) is 11.6. The summed E-state index contributed by atoms with van der Waals surface area (Å²) in [6.07, 6.45) is -4.28. The van der Waals surface area contributed by atoms with Crippen molar-refractivity contribution in [2.24, 2.45) is 0 Å². The molecule has 0 aliphatic heterocycles. The summed E-state index contributed by atoms with van der Waals surface area (Å²) in [6, 6.07) is 5.36. The molecular formula is C11H12BrF3O2. The molecule has 96 valence electrons. The molecule has 0 aliphatic rings. The van der Waals surface area contributed by atoms with Crippen molar-refractivity contribution in [3.8, 4) is 5.75 Å². The van der Waals surface area contributed by atoms with Gasteiger partial charge in [-0.1, -0.05) is 15.9 Å². The molecule has 0 saturated carbocycles. The van der Waals surface area contributed by atoms with Crippen molar-refractivity contribution < 1.29 is 22.6 Å². The van der Waals surface area contributed by atoms with Crippen LogP contribution in [0.3, 0.4) is 0 Å². The average Bonchev–Trinajstić information content (AvgIpc) is 2.21. The molecule has 0 aromatic heterocycles. The highest BCUT2D eigenvalue weighted by Crippen LogP contribution is 2.21. The fourth-order valence-electron chi connectivity index (χ4n) is 1.11. The molecule has 17 heavy (non-hydrogen) atoms. The summed E-state index contributed by atoms with van der Waals surface area (Å²) in [6.45, 7) is 0.665. The lowest BCUT2D eigenvalue weighted by Gasteiger charge is -2.09. The Kier molecular flexibility index (Phi) is 5.27. The van der Waals surface area contributed by atoms with Crippen LogP contribution in [-0.4, -0.2) is 26.0 Å². The van der Waals surface area contributed by atoms with E-state index < -0.39 is 12.8 Å². The minimum atomic E-state index is -4.28. The van der Waals surface area contributed by atoms with Gasteiger partial charge in [-0.3, -0.25) is 0 Å². The Hall–Kier alpha value is -0.750. The fraction of sp³-hybridized carbons (Fsp3) is 0.455. The molecule has 0 fully saturated rings. The van der Waals surface area contributed by atoms with Gasteiger partial charge in [-0.2, -0.15) is 13.2 Å². The minimum Gasteiger partial charge on any atom is -0.491 e. The van der Waals surface area contributed by atoms with E-state index >= 15 is 0 Å². The molecule has 0 atom stereocenters. The molecule has 0 unspecified atom stereocenters. The number of benzene rings is 1. The summed E-state index contributed by atoms with van der Waals surface area (Å²) >= 11 is 3.34. The van der Waals surface area contributed by atoms with Gasteiger partial charge in [0.1, 0.15) is 19.0 Å². The molecule has 1 aromatic carbocycles. The third-order valence-corrected chi connectivity index (χ3v) is 2.78. The van der Waals surface area contributed by atoms with Crippen LogP contribution in [0.1, 0.15) is 5.56 Å². The molecule has 0 saturated heterocycles. The number of halogens is 4. The molecule has 2 nitrogen and oxygen atoms in total. The summed E-state index contributed by atoms with van der Waals surface area (Å²) in [5, 5.41) is 0. The molecule has 0 aliphatic carbocycles. The van der Waals surface area contributed by atoms with Crippen LogP contribution in [0.25, 0.3) is 0 Å². The maximum absolute atomic E-state index is 11.7. The maximum Gasteiger partial charge on any atom is 0.411 e. The van der Waals surface area contributed by atoms with Gasteiger partial charge in [0.15, 0.2) is 0 Å². The number of hydrogen-bond donors (Lipinski definition) is 0. The van der Waals surface area contributed by atoms with Gasteiger partial charge in [-0.15, -0.1) is 0 Å². The van der Waals surface area contributed by atoms with Crippen LogP contribution in [0, 0.1) is 6.92 Å². The van der Waals surface area contributed by atoms with Crippen molar-refractivity contribution in [1.29, 1.82) is 0 Å². The molecule has 6 heteroatoms. The van der Waals surface area contributed by atoms with Gasteiger partial charge in [0.25, 0.3) is 0 Å². The largest absolute Gasteiger partial charge is 0.491 e. The third kappa shape index (κ3) is 5.93. The molecule has 0 N–H and O–H groups in total. The van der Waals surface area contributed by atoms with E-state index in [0.717, 1.165) is 10.0 Å². The number of ether oxygens (including phenoxy) is 2. The van der Waals surface area contributed by atoms with E-state index in [0.29, 0.717) is 5.75 Å². The predicted molar refractivity (Wildman–Crippen MR) is 61.2 cm³/mol. The lowest BCUT2D eigenvalue weighted by molar-refractivity contribution is -0.175. The second-order valence-electron chi connectivity index (χ2n) is 3.43.